The summed E-state index contributed by atoms with van der Waals surface area (Å²) < 4.78 is 5.53. The molecule has 0 bridgehead atoms. The minimum atomic E-state index is -1.18. The first-order chi connectivity index (χ1) is 10.6. The van der Waals surface area contributed by atoms with Gasteiger partial charge in [-0.05, 0) is 60.4 Å². The van der Waals surface area contributed by atoms with Gasteiger partial charge in [-0.3, -0.25) is 9.80 Å². The lowest BCUT2D eigenvalue weighted by molar-refractivity contribution is -0.155. The Kier molecular flexibility index (Phi) is 4.95. The number of carbonyl (C=O) groups excluding carboxylic acids is 1. The van der Waals surface area contributed by atoms with E-state index in [2.05, 4.69) is 4.90 Å². The van der Waals surface area contributed by atoms with Gasteiger partial charge in [0, 0.05) is 18.6 Å². The Morgan fingerprint density at radius 3 is 2.43 bits per heavy atom. The van der Waals surface area contributed by atoms with Gasteiger partial charge in [0.2, 0.25) is 0 Å². The number of amides is 1. The van der Waals surface area contributed by atoms with Gasteiger partial charge in [0.15, 0.2) is 5.54 Å². The molecular formula is C17H30N2O4. The Morgan fingerprint density at radius 1 is 1.26 bits per heavy atom. The molecule has 23 heavy (non-hydrogen) atoms. The average molecular weight is 326 g/mol. The zero-order valence-corrected chi connectivity index (χ0v) is 15.0. The van der Waals surface area contributed by atoms with Crippen molar-refractivity contribution >= 4 is 12.1 Å². The van der Waals surface area contributed by atoms with Crippen LogP contribution in [0.2, 0.25) is 0 Å². The zero-order chi connectivity index (χ0) is 17.4. The lowest BCUT2D eigenvalue weighted by Crippen LogP contribution is -2.66. The van der Waals surface area contributed by atoms with Crippen LogP contribution in [0.1, 0.15) is 60.3 Å². The van der Waals surface area contributed by atoms with Crippen LogP contribution in [0.3, 0.4) is 0 Å². The predicted molar refractivity (Wildman–Crippen MR) is 87.4 cm³/mol. The maximum absolute atomic E-state index is 12.8. The fraction of sp³-hybridized carbons (Fsp3) is 0.882. The molecule has 2 aliphatic heterocycles. The molecule has 2 saturated heterocycles. The van der Waals surface area contributed by atoms with E-state index in [0.717, 1.165) is 32.4 Å². The third-order valence-corrected chi connectivity index (χ3v) is 4.85. The summed E-state index contributed by atoms with van der Waals surface area (Å²) in [6.45, 7) is 10.8. The first-order valence-corrected chi connectivity index (χ1v) is 8.59. The zero-order valence-electron chi connectivity index (χ0n) is 15.0. The Labute approximate surface area is 138 Å². The Hall–Kier alpha value is -1.30. The van der Waals surface area contributed by atoms with E-state index in [1.807, 2.05) is 13.8 Å². The number of rotatable bonds is 3. The first-order valence-electron chi connectivity index (χ1n) is 8.59. The molecule has 0 aromatic heterocycles. The quantitative estimate of drug-likeness (QED) is 0.863. The maximum Gasteiger partial charge on any atom is 0.411 e. The summed E-state index contributed by atoms with van der Waals surface area (Å²) in [5.74, 6) is -0.911. The molecule has 6 nitrogen and oxygen atoms in total. The van der Waals surface area contributed by atoms with Crippen LogP contribution in [-0.2, 0) is 9.53 Å². The van der Waals surface area contributed by atoms with Crippen molar-refractivity contribution in [1.82, 2.24) is 9.80 Å². The molecule has 2 atom stereocenters. The van der Waals surface area contributed by atoms with Crippen molar-refractivity contribution in [3.05, 3.63) is 0 Å². The monoisotopic (exact) mass is 326 g/mol. The van der Waals surface area contributed by atoms with Gasteiger partial charge in [0.1, 0.15) is 5.60 Å². The molecule has 132 valence electrons. The molecule has 0 aliphatic carbocycles. The standard InChI is InChI=1S/C17H30N2O4/c1-12(2)19(15(22)23-16(3,4)5)17(14(20)21)9-11-18-10-7-6-8-13(17)18/h12-13H,6-11H2,1-5H3,(H,20,21). The molecule has 0 aromatic carbocycles. The number of piperidine rings is 1. The molecule has 2 aliphatic rings. The molecule has 0 saturated carbocycles. The molecule has 2 unspecified atom stereocenters. The molecule has 2 rings (SSSR count). The van der Waals surface area contributed by atoms with E-state index in [9.17, 15) is 14.7 Å². The van der Waals surface area contributed by atoms with Gasteiger partial charge in [-0.15, -0.1) is 0 Å². The summed E-state index contributed by atoms with van der Waals surface area (Å²) >= 11 is 0. The summed E-state index contributed by atoms with van der Waals surface area (Å²) in [6, 6.07) is -0.355. The highest BCUT2D eigenvalue weighted by Crippen LogP contribution is 2.41. The number of carboxylic acid groups (broad SMARTS) is 1. The van der Waals surface area contributed by atoms with Crippen LogP contribution in [0.15, 0.2) is 0 Å². The highest BCUT2D eigenvalue weighted by atomic mass is 16.6. The number of aliphatic carboxylic acids is 1. The van der Waals surface area contributed by atoms with E-state index in [4.69, 9.17) is 4.74 Å². The van der Waals surface area contributed by atoms with E-state index < -0.39 is 23.2 Å². The average Bonchev–Trinajstić information content (AvgIpc) is 2.77. The lowest BCUT2D eigenvalue weighted by Gasteiger charge is -2.46. The Morgan fingerprint density at radius 2 is 1.91 bits per heavy atom. The van der Waals surface area contributed by atoms with E-state index in [1.165, 1.54) is 4.90 Å². The first kappa shape index (κ1) is 18.0. The normalized spacial score (nSPS) is 28.5. The van der Waals surface area contributed by atoms with Gasteiger partial charge in [0.25, 0.3) is 0 Å². The minimum absolute atomic E-state index is 0.122. The second-order valence-corrected chi connectivity index (χ2v) is 7.97. The molecule has 1 amide bonds. The smallest absolute Gasteiger partial charge is 0.411 e. The molecule has 6 heteroatoms. The number of carboxylic acids is 1. The molecule has 2 heterocycles. The molecule has 0 radical (unpaired) electrons. The van der Waals surface area contributed by atoms with E-state index in [0.29, 0.717) is 6.42 Å². The van der Waals surface area contributed by atoms with Gasteiger partial charge >= 0.3 is 12.1 Å². The molecule has 0 spiro atoms. The molecule has 0 aromatic rings. The van der Waals surface area contributed by atoms with Gasteiger partial charge in [-0.25, -0.2) is 9.59 Å². The highest BCUT2D eigenvalue weighted by Gasteiger charge is 2.59. The van der Waals surface area contributed by atoms with Gasteiger partial charge in [-0.1, -0.05) is 6.42 Å². The third kappa shape index (κ3) is 3.32. The number of fused-ring (bicyclic) bond motifs is 1. The van der Waals surface area contributed by atoms with Crippen LogP contribution in [0.4, 0.5) is 4.79 Å². The van der Waals surface area contributed by atoms with Crippen molar-refractivity contribution < 1.29 is 19.4 Å². The summed E-state index contributed by atoms with van der Waals surface area (Å²) in [5.41, 5.74) is -1.83. The number of ether oxygens (including phenoxy) is 1. The van der Waals surface area contributed by atoms with E-state index in [1.54, 1.807) is 20.8 Å². The van der Waals surface area contributed by atoms with Crippen molar-refractivity contribution in [2.24, 2.45) is 0 Å². The van der Waals surface area contributed by atoms with E-state index in [-0.39, 0.29) is 12.1 Å². The van der Waals surface area contributed by atoms with Crippen molar-refractivity contribution in [1.29, 1.82) is 0 Å². The van der Waals surface area contributed by atoms with Gasteiger partial charge in [-0.2, -0.15) is 0 Å². The van der Waals surface area contributed by atoms with Crippen LogP contribution in [0.25, 0.3) is 0 Å². The van der Waals surface area contributed by atoms with Crippen LogP contribution in [0, 0.1) is 0 Å². The number of carbonyl (C=O) groups is 2. The largest absolute Gasteiger partial charge is 0.479 e. The third-order valence-electron chi connectivity index (χ3n) is 4.85. The van der Waals surface area contributed by atoms with Crippen LogP contribution in [-0.4, -0.2) is 63.3 Å². The highest BCUT2D eigenvalue weighted by molar-refractivity contribution is 5.86. The van der Waals surface area contributed by atoms with Crippen LogP contribution < -0.4 is 0 Å². The number of hydrogen-bond donors (Lipinski definition) is 1. The van der Waals surface area contributed by atoms with Crippen molar-refractivity contribution in [2.45, 2.75) is 83.5 Å². The molecule has 1 N–H and O–H groups in total. The van der Waals surface area contributed by atoms with Crippen molar-refractivity contribution in [3.63, 3.8) is 0 Å². The van der Waals surface area contributed by atoms with E-state index >= 15 is 0 Å². The molecule has 2 fully saturated rings. The lowest BCUT2D eigenvalue weighted by atomic mass is 9.83. The predicted octanol–water partition coefficient (Wildman–Crippen LogP) is 2.71. The number of hydrogen-bond acceptors (Lipinski definition) is 4. The second-order valence-electron chi connectivity index (χ2n) is 7.97. The van der Waals surface area contributed by atoms with Crippen molar-refractivity contribution in [2.75, 3.05) is 13.1 Å². The van der Waals surface area contributed by atoms with Crippen molar-refractivity contribution in [3.8, 4) is 0 Å². The fourth-order valence-electron chi connectivity index (χ4n) is 4.06. The Bertz CT molecular complexity index is 472. The summed E-state index contributed by atoms with van der Waals surface area (Å²) in [7, 11) is 0. The summed E-state index contributed by atoms with van der Waals surface area (Å²) in [4.78, 5) is 28.8. The van der Waals surface area contributed by atoms with Crippen LogP contribution in [0.5, 0.6) is 0 Å². The topological polar surface area (TPSA) is 70.1 Å². The minimum Gasteiger partial charge on any atom is -0.479 e. The summed E-state index contributed by atoms with van der Waals surface area (Å²) in [6.07, 6.45) is 2.86. The number of nitrogens with zero attached hydrogens (tertiary/aromatic N) is 2. The maximum atomic E-state index is 12.8. The second kappa shape index (κ2) is 6.30. The Balaban J connectivity index is 2.40. The summed E-state index contributed by atoms with van der Waals surface area (Å²) in [5, 5.41) is 10.1. The van der Waals surface area contributed by atoms with Gasteiger partial charge < -0.3 is 9.84 Å². The SMILES string of the molecule is CC(C)N(C(=O)OC(C)(C)C)C1(C(=O)O)CCN2CCCCC21. The van der Waals surface area contributed by atoms with Crippen LogP contribution >= 0.6 is 0 Å². The fourth-order valence-corrected chi connectivity index (χ4v) is 4.06. The van der Waals surface area contributed by atoms with Gasteiger partial charge in [0.05, 0.1) is 0 Å². The molecular weight excluding hydrogens is 296 g/mol.